The third-order valence-corrected chi connectivity index (χ3v) is 6.00. The van der Waals surface area contributed by atoms with Crippen molar-refractivity contribution in [2.75, 3.05) is 39.8 Å². The SMILES string of the molecule is CN1CC(CN2CCC(c3nnc4ccc(-c5cccnc5)nn34)CC2)OCC1=O. The maximum atomic E-state index is 11.6. The highest BCUT2D eigenvalue weighted by Gasteiger charge is 2.29. The van der Waals surface area contributed by atoms with Gasteiger partial charge < -0.3 is 14.5 Å². The van der Waals surface area contributed by atoms with Crippen molar-refractivity contribution in [2.45, 2.75) is 24.9 Å². The molecule has 3 aromatic heterocycles. The van der Waals surface area contributed by atoms with E-state index in [2.05, 4.69) is 20.1 Å². The molecule has 156 valence electrons. The van der Waals surface area contributed by atoms with Gasteiger partial charge in [0.1, 0.15) is 6.61 Å². The minimum Gasteiger partial charge on any atom is -0.365 e. The molecular formula is C21H25N7O2. The second-order valence-electron chi connectivity index (χ2n) is 8.07. The number of nitrogens with zero attached hydrogens (tertiary/aromatic N) is 7. The summed E-state index contributed by atoms with van der Waals surface area (Å²) in [5.41, 5.74) is 2.61. The zero-order valence-corrected chi connectivity index (χ0v) is 17.0. The lowest BCUT2D eigenvalue weighted by atomic mass is 9.96. The van der Waals surface area contributed by atoms with Crippen LogP contribution in [0.5, 0.6) is 0 Å². The number of piperidine rings is 1. The number of amides is 1. The fourth-order valence-electron chi connectivity index (χ4n) is 4.26. The van der Waals surface area contributed by atoms with E-state index in [-0.39, 0.29) is 18.6 Å². The molecule has 2 fully saturated rings. The van der Waals surface area contributed by atoms with Crippen LogP contribution in [0, 0.1) is 0 Å². The molecule has 5 rings (SSSR count). The minimum absolute atomic E-state index is 0.0572. The molecule has 1 unspecified atom stereocenters. The summed E-state index contributed by atoms with van der Waals surface area (Å²) in [7, 11) is 1.84. The number of aromatic nitrogens is 5. The molecule has 30 heavy (non-hydrogen) atoms. The minimum atomic E-state index is 0.0572. The summed E-state index contributed by atoms with van der Waals surface area (Å²) in [5.74, 6) is 1.31. The number of morpholine rings is 1. The molecule has 5 heterocycles. The van der Waals surface area contributed by atoms with Crippen LogP contribution in [-0.2, 0) is 9.53 Å². The highest BCUT2D eigenvalue weighted by atomic mass is 16.5. The molecular weight excluding hydrogens is 382 g/mol. The number of carbonyl (C=O) groups excluding carboxylic acids is 1. The number of likely N-dealkylation sites (tertiary alicyclic amines) is 1. The van der Waals surface area contributed by atoms with E-state index in [9.17, 15) is 4.79 Å². The van der Waals surface area contributed by atoms with Crippen LogP contribution in [0.4, 0.5) is 0 Å². The molecule has 1 amide bonds. The van der Waals surface area contributed by atoms with E-state index < -0.39 is 0 Å². The zero-order chi connectivity index (χ0) is 20.5. The van der Waals surface area contributed by atoms with Gasteiger partial charge in [0.05, 0.1) is 11.8 Å². The number of ether oxygens (including phenoxy) is 1. The summed E-state index contributed by atoms with van der Waals surface area (Å²) in [6.07, 6.45) is 5.66. The van der Waals surface area contributed by atoms with Crippen LogP contribution < -0.4 is 0 Å². The summed E-state index contributed by atoms with van der Waals surface area (Å²) in [6, 6.07) is 7.83. The zero-order valence-electron chi connectivity index (χ0n) is 17.0. The maximum absolute atomic E-state index is 11.6. The van der Waals surface area contributed by atoms with Crippen LogP contribution in [0.25, 0.3) is 16.9 Å². The molecule has 0 N–H and O–H groups in total. The molecule has 0 radical (unpaired) electrons. The van der Waals surface area contributed by atoms with Crippen LogP contribution >= 0.6 is 0 Å². The summed E-state index contributed by atoms with van der Waals surface area (Å²) in [6.45, 7) is 3.65. The number of likely N-dealkylation sites (N-methyl/N-ethyl adjacent to an activating group) is 1. The van der Waals surface area contributed by atoms with E-state index in [0.29, 0.717) is 12.5 Å². The Balaban J connectivity index is 1.26. The summed E-state index contributed by atoms with van der Waals surface area (Å²) in [4.78, 5) is 20.0. The van der Waals surface area contributed by atoms with Gasteiger partial charge in [0.2, 0.25) is 5.91 Å². The molecule has 2 aliphatic rings. The molecule has 3 aromatic rings. The van der Waals surface area contributed by atoms with Gasteiger partial charge in [-0.25, -0.2) is 0 Å². The molecule has 2 saturated heterocycles. The lowest BCUT2D eigenvalue weighted by molar-refractivity contribution is -0.147. The first kappa shape index (κ1) is 19.1. The third kappa shape index (κ3) is 3.78. The van der Waals surface area contributed by atoms with Gasteiger partial charge in [0.15, 0.2) is 11.5 Å². The molecule has 0 bridgehead atoms. The molecule has 0 aliphatic carbocycles. The Labute approximate surface area is 174 Å². The molecule has 9 heteroatoms. The van der Waals surface area contributed by atoms with Crippen LogP contribution in [0.15, 0.2) is 36.7 Å². The number of hydrogen-bond donors (Lipinski definition) is 0. The Hall–Kier alpha value is -2.91. The largest absolute Gasteiger partial charge is 0.365 e. The molecule has 2 aliphatic heterocycles. The van der Waals surface area contributed by atoms with Gasteiger partial charge >= 0.3 is 0 Å². The summed E-state index contributed by atoms with van der Waals surface area (Å²) in [5, 5.41) is 13.6. The predicted octanol–water partition coefficient (Wildman–Crippen LogP) is 1.22. The molecule has 0 spiro atoms. The Bertz CT molecular complexity index is 1030. The Morgan fingerprint density at radius 1 is 1.17 bits per heavy atom. The van der Waals surface area contributed by atoms with Gasteiger partial charge in [-0.1, -0.05) is 0 Å². The number of fused-ring (bicyclic) bond motifs is 1. The lowest BCUT2D eigenvalue weighted by Gasteiger charge is -2.36. The van der Waals surface area contributed by atoms with Gasteiger partial charge in [-0.05, 0) is 50.2 Å². The van der Waals surface area contributed by atoms with Gasteiger partial charge in [-0.15, -0.1) is 10.2 Å². The van der Waals surface area contributed by atoms with Crippen LogP contribution in [-0.4, -0.2) is 86.4 Å². The topological polar surface area (TPSA) is 88.8 Å². The first-order valence-corrected chi connectivity index (χ1v) is 10.4. The highest BCUT2D eigenvalue weighted by molar-refractivity contribution is 5.77. The Morgan fingerprint density at radius 3 is 2.80 bits per heavy atom. The van der Waals surface area contributed by atoms with Crippen molar-refractivity contribution >= 4 is 11.6 Å². The van der Waals surface area contributed by atoms with Crippen molar-refractivity contribution in [1.82, 2.24) is 34.6 Å². The smallest absolute Gasteiger partial charge is 0.248 e. The lowest BCUT2D eigenvalue weighted by Crippen LogP contribution is -2.49. The molecule has 0 aromatic carbocycles. The second kappa shape index (κ2) is 8.08. The van der Waals surface area contributed by atoms with Crippen LogP contribution in [0.3, 0.4) is 0 Å². The van der Waals surface area contributed by atoms with E-state index in [1.165, 1.54) is 0 Å². The van der Waals surface area contributed by atoms with Gasteiger partial charge in [-0.2, -0.15) is 9.61 Å². The average Bonchev–Trinajstić information content (AvgIpc) is 3.21. The fraction of sp³-hybridized carbons (Fsp3) is 0.476. The first-order chi connectivity index (χ1) is 14.7. The first-order valence-electron chi connectivity index (χ1n) is 10.4. The average molecular weight is 407 g/mol. The Kier molecular flexibility index (Phi) is 5.14. The standard InChI is InChI=1S/C21H25N7O2/c1-26-12-17(30-14-20(26)29)13-27-9-6-15(7-10-27)21-24-23-19-5-4-18(25-28(19)21)16-3-2-8-22-11-16/h2-5,8,11,15,17H,6-7,9-10,12-14H2,1H3. The third-order valence-electron chi connectivity index (χ3n) is 6.00. The van der Waals surface area contributed by atoms with Crippen molar-refractivity contribution in [2.24, 2.45) is 0 Å². The molecule has 9 nitrogen and oxygen atoms in total. The predicted molar refractivity (Wildman–Crippen MR) is 110 cm³/mol. The van der Waals surface area contributed by atoms with E-state index in [1.54, 1.807) is 11.1 Å². The number of carbonyl (C=O) groups is 1. The van der Waals surface area contributed by atoms with Crippen LogP contribution in [0.2, 0.25) is 0 Å². The maximum Gasteiger partial charge on any atom is 0.248 e. The van der Waals surface area contributed by atoms with Crippen molar-refractivity contribution in [3.63, 3.8) is 0 Å². The summed E-state index contributed by atoms with van der Waals surface area (Å²) >= 11 is 0. The van der Waals surface area contributed by atoms with E-state index in [1.807, 2.05) is 42.0 Å². The fourth-order valence-corrected chi connectivity index (χ4v) is 4.26. The number of pyridine rings is 1. The highest BCUT2D eigenvalue weighted by Crippen LogP contribution is 2.28. The van der Waals surface area contributed by atoms with Crippen molar-refractivity contribution in [3.05, 3.63) is 42.5 Å². The number of rotatable bonds is 4. The van der Waals surface area contributed by atoms with Gasteiger partial charge in [-0.3, -0.25) is 9.78 Å². The van der Waals surface area contributed by atoms with Crippen molar-refractivity contribution < 1.29 is 9.53 Å². The van der Waals surface area contributed by atoms with Crippen molar-refractivity contribution in [1.29, 1.82) is 0 Å². The van der Waals surface area contributed by atoms with E-state index >= 15 is 0 Å². The summed E-state index contributed by atoms with van der Waals surface area (Å²) < 4.78 is 7.58. The monoisotopic (exact) mass is 407 g/mol. The molecule has 1 atom stereocenters. The second-order valence-corrected chi connectivity index (χ2v) is 8.07. The normalized spacial score (nSPS) is 21.4. The quantitative estimate of drug-likeness (QED) is 0.642. The van der Waals surface area contributed by atoms with Crippen molar-refractivity contribution in [3.8, 4) is 11.3 Å². The molecule has 0 saturated carbocycles. The van der Waals surface area contributed by atoms with Crippen LogP contribution in [0.1, 0.15) is 24.6 Å². The van der Waals surface area contributed by atoms with E-state index in [0.717, 1.165) is 55.2 Å². The Morgan fingerprint density at radius 2 is 2.03 bits per heavy atom. The van der Waals surface area contributed by atoms with Gasteiger partial charge in [0.25, 0.3) is 0 Å². The number of hydrogen-bond acceptors (Lipinski definition) is 7. The van der Waals surface area contributed by atoms with Gasteiger partial charge in [0, 0.05) is 44.0 Å². The van der Waals surface area contributed by atoms with E-state index in [4.69, 9.17) is 9.84 Å².